The molecule has 3 aromatic rings. The van der Waals surface area contributed by atoms with Crippen molar-refractivity contribution in [3.05, 3.63) is 72.4 Å². The molecule has 0 aliphatic carbocycles. The van der Waals surface area contributed by atoms with Crippen molar-refractivity contribution in [2.24, 2.45) is 0 Å². The van der Waals surface area contributed by atoms with Gasteiger partial charge in [0.05, 0.1) is 6.61 Å². The smallest absolute Gasteiger partial charge is 0.224 e. The van der Waals surface area contributed by atoms with Crippen LogP contribution >= 0.6 is 0 Å². The molecule has 1 aromatic heterocycles. The minimum Gasteiger partial charge on any atom is -0.383 e. The lowest BCUT2D eigenvalue weighted by molar-refractivity contribution is -0.132. The van der Waals surface area contributed by atoms with Gasteiger partial charge in [-0.3, -0.25) is 4.79 Å². The van der Waals surface area contributed by atoms with E-state index in [1.165, 1.54) is 10.9 Å². The maximum atomic E-state index is 12.7. The van der Waals surface area contributed by atoms with Crippen molar-refractivity contribution >= 4 is 16.8 Å². The van der Waals surface area contributed by atoms with Crippen molar-refractivity contribution in [2.45, 2.75) is 19.5 Å². The van der Waals surface area contributed by atoms with Crippen LogP contribution < -0.4 is 0 Å². The summed E-state index contributed by atoms with van der Waals surface area (Å²) < 4.78 is 7.31. The van der Waals surface area contributed by atoms with Crippen LogP contribution in [0, 0.1) is 0 Å². The topological polar surface area (TPSA) is 34.5 Å². The van der Waals surface area contributed by atoms with Crippen molar-refractivity contribution in [3.63, 3.8) is 0 Å². The molecule has 4 heteroatoms. The Morgan fingerprint density at radius 2 is 1.80 bits per heavy atom. The first-order valence-electron chi connectivity index (χ1n) is 8.62. The molecule has 2 aromatic carbocycles. The molecule has 0 unspecified atom stereocenters. The predicted molar refractivity (Wildman–Crippen MR) is 100 cm³/mol. The summed E-state index contributed by atoms with van der Waals surface area (Å²) in [6.45, 7) is 2.46. The van der Waals surface area contributed by atoms with Crippen molar-refractivity contribution in [1.29, 1.82) is 0 Å². The molecule has 25 heavy (non-hydrogen) atoms. The Morgan fingerprint density at radius 3 is 2.60 bits per heavy atom. The van der Waals surface area contributed by atoms with Gasteiger partial charge in [-0.05, 0) is 23.1 Å². The summed E-state index contributed by atoms with van der Waals surface area (Å²) >= 11 is 0. The minimum atomic E-state index is 0.152. The average molecular weight is 336 g/mol. The van der Waals surface area contributed by atoms with Gasteiger partial charge in [0.2, 0.25) is 5.91 Å². The van der Waals surface area contributed by atoms with E-state index in [0.717, 1.165) is 5.56 Å². The number of carbonyl (C=O) groups is 1. The Kier molecular flexibility index (Phi) is 5.86. The van der Waals surface area contributed by atoms with Gasteiger partial charge in [0.25, 0.3) is 0 Å². The zero-order chi connectivity index (χ0) is 17.5. The van der Waals surface area contributed by atoms with E-state index in [1.807, 2.05) is 47.4 Å². The number of carbonyl (C=O) groups excluding carboxylic acids is 1. The summed E-state index contributed by atoms with van der Waals surface area (Å²) in [7, 11) is 1.66. The van der Waals surface area contributed by atoms with Crippen LogP contribution in [-0.4, -0.2) is 35.6 Å². The number of hydrogen-bond acceptors (Lipinski definition) is 2. The number of fused-ring (bicyclic) bond motifs is 1. The van der Waals surface area contributed by atoms with Crippen molar-refractivity contribution in [1.82, 2.24) is 9.47 Å². The molecule has 0 spiro atoms. The molecule has 0 N–H and O–H groups in total. The SMILES string of the molecule is COCCN(Cc1ccccc1)C(=O)CCn1ccc2ccccc21. The van der Waals surface area contributed by atoms with Gasteiger partial charge >= 0.3 is 0 Å². The number of ether oxygens (including phenoxy) is 1. The second-order valence-electron chi connectivity index (χ2n) is 6.11. The zero-order valence-electron chi connectivity index (χ0n) is 14.6. The van der Waals surface area contributed by atoms with Crippen LogP contribution in [0.2, 0.25) is 0 Å². The van der Waals surface area contributed by atoms with Gasteiger partial charge in [0, 0.05) is 44.9 Å². The molecule has 0 radical (unpaired) electrons. The van der Waals surface area contributed by atoms with Gasteiger partial charge in [0.1, 0.15) is 0 Å². The number of methoxy groups -OCH3 is 1. The van der Waals surface area contributed by atoms with E-state index in [1.54, 1.807) is 7.11 Å². The van der Waals surface area contributed by atoms with Crippen LogP contribution in [-0.2, 0) is 22.6 Å². The normalized spacial score (nSPS) is 10.9. The van der Waals surface area contributed by atoms with E-state index in [9.17, 15) is 4.79 Å². The largest absolute Gasteiger partial charge is 0.383 e. The Balaban J connectivity index is 1.65. The third-order valence-corrected chi connectivity index (χ3v) is 4.38. The summed E-state index contributed by atoms with van der Waals surface area (Å²) in [5, 5.41) is 1.20. The number of para-hydroxylation sites is 1. The number of hydrogen-bond donors (Lipinski definition) is 0. The van der Waals surface area contributed by atoms with Crippen molar-refractivity contribution in [2.75, 3.05) is 20.3 Å². The fourth-order valence-corrected chi connectivity index (χ4v) is 3.01. The second-order valence-corrected chi connectivity index (χ2v) is 6.11. The highest BCUT2D eigenvalue weighted by Crippen LogP contribution is 2.16. The molecule has 0 saturated heterocycles. The number of aromatic nitrogens is 1. The standard InChI is InChI=1S/C21H24N2O2/c1-25-16-15-23(17-18-7-3-2-4-8-18)21(24)12-14-22-13-11-19-9-5-6-10-20(19)22/h2-11,13H,12,14-17H2,1H3. The third-order valence-electron chi connectivity index (χ3n) is 4.38. The van der Waals surface area contributed by atoms with Gasteiger partial charge in [-0.25, -0.2) is 0 Å². The van der Waals surface area contributed by atoms with Crippen LogP contribution in [0.25, 0.3) is 10.9 Å². The first-order chi connectivity index (χ1) is 12.3. The van der Waals surface area contributed by atoms with Crippen LogP contribution in [0.4, 0.5) is 0 Å². The van der Waals surface area contributed by atoms with E-state index in [4.69, 9.17) is 4.74 Å². The highest BCUT2D eigenvalue weighted by Gasteiger charge is 2.14. The van der Waals surface area contributed by atoms with E-state index >= 15 is 0 Å². The van der Waals surface area contributed by atoms with Crippen LogP contribution in [0.1, 0.15) is 12.0 Å². The number of nitrogens with zero attached hydrogens (tertiary/aromatic N) is 2. The molecule has 130 valence electrons. The van der Waals surface area contributed by atoms with Crippen molar-refractivity contribution < 1.29 is 9.53 Å². The summed E-state index contributed by atoms with van der Waals surface area (Å²) in [5.74, 6) is 0.152. The summed E-state index contributed by atoms with van der Waals surface area (Å²) in [4.78, 5) is 14.6. The van der Waals surface area contributed by atoms with Gasteiger partial charge in [-0.15, -0.1) is 0 Å². The lowest BCUT2D eigenvalue weighted by Gasteiger charge is -2.23. The Morgan fingerprint density at radius 1 is 1.04 bits per heavy atom. The van der Waals surface area contributed by atoms with Gasteiger partial charge in [0.15, 0.2) is 0 Å². The Bertz CT molecular complexity index is 811. The van der Waals surface area contributed by atoms with E-state index in [2.05, 4.69) is 29.0 Å². The van der Waals surface area contributed by atoms with Crippen LogP contribution in [0.5, 0.6) is 0 Å². The van der Waals surface area contributed by atoms with Gasteiger partial charge in [-0.1, -0.05) is 48.5 Å². The third kappa shape index (κ3) is 4.48. The summed E-state index contributed by atoms with van der Waals surface area (Å²) in [6.07, 6.45) is 2.53. The highest BCUT2D eigenvalue weighted by atomic mass is 16.5. The van der Waals surface area contributed by atoms with Crippen LogP contribution in [0.3, 0.4) is 0 Å². The molecule has 1 heterocycles. The number of aryl methyl sites for hydroxylation is 1. The molecule has 3 rings (SSSR count). The molecule has 0 bridgehead atoms. The summed E-state index contributed by atoms with van der Waals surface area (Å²) in [5.41, 5.74) is 2.31. The number of amides is 1. The monoisotopic (exact) mass is 336 g/mol. The molecule has 0 aliphatic heterocycles. The molecule has 0 saturated carbocycles. The first kappa shape index (κ1) is 17.2. The van der Waals surface area contributed by atoms with E-state index < -0.39 is 0 Å². The molecule has 0 atom stereocenters. The molecular formula is C21H24N2O2. The maximum absolute atomic E-state index is 12.7. The number of rotatable bonds is 8. The highest BCUT2D eigenvalue weighted by molar-refractivity contribution is 5.80. The Hall–Kier alpha value is -2.59. The van der Waals surface area contributed by atoms with Crippen LogP contribution in [0.15, 0.2) is 66.9 Å². The fourth-order valence-electron chi connectivity index (χ4n) is 3.01. The summed E-state index contributed by atoms with van der Waals surface area (Å²) in [6, 6.07) is 20.4. The zero-order valence-corrected chi connectivity index (χ0v) is 14.6. The fraction of sp³-hybridized carbons (Fsp3) is 0.286. The lowest BCUT2D eigenvalue weighted by atomic mass is 10.2. The van der Waals surface area contributed by atoms with E-state index in [-0.39, 0.29) is 5.91 Å². The van der Waals surface area contributed by atoms with E-state index in [0.29, 0.717) is 32.7 Å². The molecule has 0 aliphatic rings. The quantitative estimate of drug-likeness (QED) is 0.628. The number of benzene rings is 2. The molecule has 1 amide bonds. The molecule has 4 nitrogen and oxygen atoms in total. The van der Waals surface area contributed by atoms with Crippen molar-refractivity contribution in [3.8, 4) is 0 Å². The predicted octanol–water partition coefficient (Wildman–Crippen LogP) is 3.71. The van der Waals surface area contributed by atoms with Gasteiger partial charge in [-0.2, -0.15) is 0 Å². The Labute approximate surface area is 148 Å². The second kappa shape index (κ2) is 8.49. The maximum Gasteiger partial charge on any atom is 0.224 e. The lowest BCUT2D eigenvalue weighted by Crippen LogP contribution is -2.34. The van der Waals surface area contributed by atoms with Gasteiger partial charge < -0.3 is 14.2 Å². The minimum absolute atomic E-state index is 0.152. The average Bonchev–Trinajstić information content (AvgIpc) is 3.07. The molecular weight excluding hydrogens is 312 g/mol. The first-order valence-corrected chi connectivity index (χ1v) is 8.62. The molecule has 0 fully saturated rings.